The van der Waals surface area contributed by atoms with Gasteiger partial charge in [0.25, 0.3) is 0 Å². The van der Waals surface area contributed by atoms with E-state index in [1.165, 1.54) is 11.1 Å². The van der Waals surface area contributed by atoms with Gasteiger partial charge in [0, 0.05) is 25.5 Å². The Hall–Kier alpha value is -3.71. The summed E-state index contributed by atoms with van der Waals surface area (Å²) in [7, 11) is 0. The molecule has 0 saturated heterocycles. The zero-order valence-electron chi connectivity index (χ0n) is 18.9. The van der Waals surface area contributed by atoms with E-state index in [1.54, 1.807) is 0 Å². The first-order valence-electron chi connectivity index (χ1n) is 11.5. The highest BCUT2D eigenvalue weighted by atomic mass is 15.4. The van der Waals surface area contributed by atoms with Crippen LogP contribution in [-0.4, -0.2) is 44.0 Å². The van der Waals surface area contributed by atoms with E-state index < -0.39 is 0 Å². The van der Waals surface area contributed by atoms with Crippen molar-refractivity contribution in [2.24, 2.45) is 4.99 Å². The van der Waals surface area contributed by atoms with E-state index in [0.29, 0.717) is 0 Å². The standard InChI is InChI=1S/C26H29N7/c1-2-15-32-19-23-25(31-26(32)27-14-13-20-9-5-3-6-10-20)30-24(29-23)22-16-28-33(18-22)17-21-11-7-4-8-12-21/h3-12,16,18-19,26-27H,2,13-15,17H2,1H3,(H,29,30,31). The number of hydrogen-bond acceptors (Lipinski definition) is 5. The Morgan fingerprint density at radius 3 is 2.52 bits per heavy atom. The molecule has 0 saturated carbocycles. The monoisotopic (exact) mass is 439 g/mol. The highest BCUT2D eigenvalue weighted by molar-refractivity contribution is 5.52. The zero-order chi connectivity index (χ0) is 22.5. The van der Waals surface area contributed by atoms with Crippen LogP contribution < -0.4 is 16.2 Å². The second-order valence-electron chi connectivity index (χ2n) is 8.29. The first-order chi connectivity index (χ1) is 16.3. The lowest BCUT2D eigenvalue weighted by Gasteiger charge is -2.29. The van der Waals surface area contributed by atoms with Crippen molar-refractivity contribution in [2.75, 3.05) is 13.1 Å². The lowest BCUT2D eigenvalue weighted by Crippen LogP contribution is -2.49. The molecule has 2 aromatic carbocycles. The number of nitrogens with zero attached hydrogens (tertiary/aromatic N) is 5. The van der Waals surface area contributed by atoms with Crippen molar-refractivity contribution in [3.63, 3.8) is 0 Å². The molecule has 2 N–H and O–H groups in total. The fourth-order valence-corrected chi connectivity index (χ4v) is 4.07. The number of fused-ring (bicyclic) bond motifs is 1. The van der Waals surface area contributed by atoms with E-state index in [0.717, 1.165) is 54.7 Å². The fraction of sp³-hybridized carbons (Fsp3) is 0.269. The smallest absolute Gasteiger partial charge is 0.178 e. The van der Waals surface area contributed by atoms with Crippen LogP contribution >= 0.6 is 0 Å². The quantitative estimate of drug-likeness (QED) is 0.420. The van der Waals surface area contributed by atoms with Gasteiger partial charge in [0.15, 0.2) is 11.8 Å². The van der Waals surface area contributed by atoms with Crippen LogP contribution in [0.3, 0.4) is 0 Å². The molecule has 3 heterocycles. The number of aromatic amines is 1. The van der Waals surface area contributed by atoms with Crippen LogP contribution in [0.4, 0.5) is 0 Å². The molecule has 1 atom stereocenters. The van der Waals surface area contributed by atoms with Gasteiger partial charge in [-0.15, -0.1) is 0 Å². The maximum atomic E-state index is 4.91. The molecule has 0 radical (unpaired) electrons. The van der Waals surface area contributed by atoms with E-state index in [1.807, 2.05) is 41.3 Å². The Bertz CT molecular complexity index is 1290. The second-order valence-corrected chi connectivity index (χ2v) is 8.29. The van der Waals surface area contributed by atoms with Crippen molar-refractivity contribution in [3.05, 3.63) is 95.0 Å². The zero-order valence-corrected chi connectivity index (χ0v) is 18.9. The van der Waals surface area contributed by atoms with Crippen LogP contribution in [0, 0.1) is 0 Å². The van der Waals surface area contributed by atoms with Gasteiger partial charge in [-0.3, -0.25) is 10.00 Å². The van der Waals surface area contributed by atoms with Gasteiger partial charge in [-0.2, -0.15) is 5.10 Å². The van der Waals surface area contributed by atoms with Crippen LogP contribution in [-0.2, 0) is 13.0 Å². The number of benzene rings is 2. The van der Waals surface area contributed by atoms with E-state index in [4.69, 9.17) is 9.98 Å². The summed E-state index contributed by atoms with van der Waals surface area (Å²) in [5.74, 6) is 0.792. The molecular formula is C26H29N7. The molecule has 1 aliphatic rings. The van der Waals surface area contributed by atoms with E-state index in [2.05, 4.69) is 69.8 Å². The molecule has 1 unspecified atom stereocenters. The number of hydrogen-bond donors (Lipinski definition) is 2. The number of rotatable bonds is 9. The molecule has 0 fully saturated rings. The first-order valence-corrected chi connectivity index (χ1v) is 11.5. The predicted octanol–water partition coefficient (Wildman–Crippen LogP) is 2.52. The Labute approximate surface area is 193 Å². The van der Waals surface area contributed by atoms with E-state index in [9.17, 15) is 0 Å². The SMILES string of the molecule is CCCN1C=c2[nH]c(-c3cnn(Cc4ccccc4)c3)nc2=NC1NCCc1ccccc1. The molecule has 7 nitrogen and oxygen atoms in total. The summed E-state index contributed by atoms with van der Waals surface area (Å²) in [5, 5.41) is 9.04. The number of H-pyrrole nitrogens is 1. The topological polar surface area (TPSA) is 74.1 Å². The van der Waals surface area contributed by atoms with Crippen molar-refractivity contribution in [1.29, 1.82) is 0 Å². The van der Waals surface area contributed by atoms with E-state index >= 15 is 0 Å². The van der Waals surface area contributed by atoms with Crippen LogP contribution in [0.15, 0.2) is 78.0 Å². The minimum atomic E-state index is -0.113. The molecule has 0 bridgehead atoms. The van der Waals surface area contributed by atoms with Crippen molar-refractivity contribution >= 4 is 6.20 Å². The van der Waals surface area contributed by atoms with E-state index in [-0.39, 0.29) is 6.29 Å². The highest BCUT2D eigenvalue weighted by Gasteiger charge is 2.18. The molecule has 5 rings (SSSR count). The Balaban J connectivity index is 1.33. The Morgan fingerprint density at radius 1 is 1.00 bits per heavy atom. The average Bonchev–Trinajstić information content (AvgIpc) is 3.47. The summed E-state index contributed by atoms with van der Waals surface area (Å²) in [6.45, 7) is 4.69. The van der Waals surface area contributed by atoms with Gasteiger partial charge in [-0.25, -0.2) is 9.98 Å². The lowest BCUT2D eigenvalue weighted by atomic mass is 10.1. The predicted molar refractivity (Wildman–Crippen MR) is 130 cm³/mol. The van der Waals surface area contributed by atoms with Gasteiger partial charge >= 0.3 is 0 Å². The Kier molecular flexibility index (Phi) is 6.30. The van der Waals surface area contributed by atoms with Gasteiger partial charge in [0.2, 0.25) is 0 Å². The van der Waals surface area contributed by atoms with Crippen molar-refractivity contribution in [3.8, 4) is 11.4 Å². The molecular weight excluding hydrogens is 410 g/mol. The molecule has 4 aromatic rings. The molecule has 7 heteroatoms. The van der Waals surface area contributed by atoms with Gasteiger partial charge < -0.3 is 9.88 Å². The second kappa shape index (κ2) is 9.83. The minimum Gasteiger partial charge on any atom is -0.342 e. The molecule has 0 aliphatic carbocycles. The molecule has 2 aromatic heterocycles. The summed E-state index contributed by atoms with van der Waals surface area (Å²) in [6.07, 6.45) is 7.91. The maximum absolute atomic E-state index is 4.91. The lowest BCUT2D eigenvalue weighted by molar-refractivity contribution is 0.255. The van der Waals surface area contributed by atoms with Crippen molar-refractivity contribution in [2.45, 2.75) is 32.6 Å². The van der Waals surface area contributed by atoms with Gasteiger partial charge in [-0.05, 0) is 24.0 Å². The molecule has 0 amide bonds. The minimum absolute atomic E-state index is 0.113. The van der Waals surface area contributed by atoms with Crippen LogP contribution in [0.5, 0.6) is 0 Å². The summed E-state index contributed by atoms with van der Waals surface area (Å²) in [5.41, 5.74) is 4.24. The van der Waals surface area contributed by atoms with Gasteiger partial charge in [0.05, 0.1) is 18.3 Å². The summed E-state index contributed by atoms with van der Waals surface area (Å²) in [6, 6.07) is 20.9. The molecule has 168 valence electrons. The molecule has 0 spiro atoms. The normalized spacial score (nSPS) is 15.1. The number of nitrogens with one attached hydrogen (secondary N) is 2. The largest absolute Gasteiger partial charge is 0.342 e. The number of imidazole rings is 1. The summed E-state index contributed by atoms with van der Waals surface area (Å²) in [4.78, 5) is 15.4. The van der Waals surface area contributed by atoms with Crippen LogP contribution in [0.2, 0.25) is 0 Å². The van der Waals surface area contributed by atoms with Crippen molar-refractivity contribution in [1.82, 2.24) is 30.0 Å². The number of aromatic nitrogens is 4. The van der Waals surface area contributed by atoms with Crippen LogP contribution in [0.1, 0.15) is 24.5 Å². The highest BCUT2D eigenvalue weighted by Crippen LogP contribution is 2.13. The summed E-state index contributed by atoms with van der Waals surface area (Å²) >= 11 is 0. The molecule has 33 heavy (non-hydrogen) atoms. The molecule has 1 aliphatic heterocycles. The third-order valence-corrected chi connectivity index (χ3v) is 5.72. The van der Waals surface area contributed by atoms with Crippen molar-refractivity contribution < 1.29 is 0 Å². The first kappa shape index (κ1) is 21.2. The maximum Gasteiger partial charge on any atom is 0.178 e. The Morgan fingerprint density at radius 2 is 1.76 bits per heavy atom. The third kappa shape index (κ3) is 5.04. The summed E-state index contributed by atoms with van der Waals surface area (Å²) < 4.78 is 1.93. The van der Waals surface area contributed by atoms with Crippen LogP contribution in [0.25, 0.3) is 17.6 Å². The van der Waals surface area contributed by atoms with Gasteiger partial charge in [-0.1, -0.05) is 67.6 Å². The third-order valence-electron chi connectivity index (χ3n) is 5.72. The van der Waals surface area contributed by atoms with Gasteiger partial charge in [0.1, 0.15) is 11.2 Å². The fourth-order valence-electron chi connectivity index (χ4n) is 4.07. The average molecular weight is 440 g/mol.